The van der Waals surface area contributed by atoms with Crippen LogP contribution in [-0.4, -0.2) is 33.9 Å². The van der Waals surface area contributed by atoms with Gasteiger partial charge in [-0.05, 0) is 62.1 Å². The Kier molecular flexibility index (Phi) is 5.69. The van der Waals surface area contributed by atoms with E-state index < -0.39 is 23.3 Å². The molecule has 0 aromatic heterocycles. The van der Waals surface area contributed by atoms with Crippen molar-refractivity contribution in [3.63, 3.8) is 0 Å². The quantitative estimate of drug-likeness (QED) is 0.511. The number of carbonyl (C=O) groups excluding carboxylic acids is 4. The molecule has 0 aliphatic carbocycles. The lowest BCUT2D eigenvalue weighted by Crippen LogP contribution is -2.60. The van der Waals surface area contributed by atoms with E-state index in [4.69, 9.17) is 23.2 Å². The van der Waals surface area contributed by atoms with E-state index in [0.29, 0.717) is 40.6 Å². The highest BCUT2D eigenvalue weighted by Gasteiger charge is 2.51. The molecule has 2 heterocycles. The van der Waals surface area contributed by atoms with Crippen LogP contribution in [0.3, 0.4) is 0 Å². The Balaban J connectivity index is 1.53. The molecule has 1 atom stereocenters. The van der Waals surface area contributed by atoms with Crippen molar-refractivity contribution in [2.45, 2.75) is 38.1 Å². The summed E-state index contributed by atoms with van der Waals surface area (Å²) in [6, 6.07) is 9.64. The number of aryl methyl sites for hydroxylation is 1. The minimum atomic E-state index is -1.28. The monoisotopic (exact) mass is 470 g/mol. The lowest BCUT2D eigenvalue weighted by Gasteiger charge is -2.39. The normalized spacial score (nSPS) is 20.4. The third-order valence-electron chi connectivity index (χ3n) is 6.02. The van der Waals surface area contributed by atoms with Gasteiger partial charge in [0, 0.05) is 17.7 Å². The molecule has 0 spiro atoms. The fraction of sp³-hybridized carbons (Fsp3) is 0.250. The predicted octanol–water partition coefficient (Wildman–Crippen LogP) is 4.59. The Morgan fingerprint density at radius 1 is 1.06 bits per heavy atom. The van der Waals surface area contributed by atoms with Crippen molar-refractivity contribution in [1.82, 2.24) is 10.2 Å². The first-order valence-electron chi connectivity index (χ1n) is 10.1. The van der Waals surface area contributed by atoms with Crippen molar-refractivity contribution in [2.24, 2.45) is 0 Å². The summed E-state index contributed by atoms with van der Waals surface area (Å²) in [7, 11) is 0. The van der Waals surface area contributed by atoms with Crippen LogP contribution in [0.25, 0.3) is 0 Å². The van der Waals surface area contributed by atoms with Gasteiger partial charge in [-0.2, -0.15) is 0 Å². The Morgan fingerprint density at radius 2 is 1.78 bits per heavy atom. The summed E-state index contributed by atoms with van der Waals surface area (Å²) in [5.41, 5.74) is 0.986. The van der Waals surface area contributed by atoms with E-state index in [1.54, 1.807) is 37.3 Å². The molecule has 2 aromatic rings. The molecule has 1 saturated heterocycles. The molecule has 2 aromatic carbocycles. The third kappa shape index (κ3) is 3.74. The molecular formula is C24H20Cl2N2O4. The van der Waals surface area contributed by atoms with Gasteiger partial charge in [0.1, 0.15) is 5.54 Å². The van der Waals surface area contributed by atoms with E-state index in [-0.39, 0.29) is 23.3 Å². The van der Waals surface area contributed by atoms with Gasteiger partial charge in [-0.25, -0.2) is 0 Å². The standard InChI is InChI=1S/C24H20Cl2N2O4/c1-13-9-10-24(2,23(32)27-13)28-21(30)16-6-3-14(11-17(16)22(28)31)4-8-20(29)15-5-7-18(25)19(26)12-15/h3,5-7,11-12H,1,4,8-10H2,2H3,(H,27,32)/t24-/m0/s1. The van der Waals surface area contributed by atoms with Crippen LogP contribution in [0.5, 0.6) is 0 Å². The second-order valence-electron chi connectivity index (χ2n) is 8.21. The van der Waals surface area contributed by atoms with Crippen molar-refractivity contribution in [1.29, 1.82) is 0 Å². The van der Waals surface area contributed by atoms with Gasteiger partial charge in [0.05, 0.1) is 21.2 Å². The number of benzene rings is 2. The number of rotatable bonds is 5. The molecule has 0 saturated carbocycles. The van der Waals surface area contributed by atoms with E-state index in [9.17, 15) is 19.2 Å². The van der Waals surface area contributed by atoms with Crippen molar-refractivity contribution in [3.05, 3.63) is 81.0 Å². The molecule has 1 fully saturated rings. The van der Waals surface area contributed by atoms with Crippen LogP contribution in [0.2, 0.25) is 10.0 Å². The first-order valence-corrected chi connectivity index (χ1v) is 10.9. The number of Topliss-reactive ketones (excluding diaryl/α,β-unsaturated/α-hetero) is 1. The molecule has 6 nitrogen and oxygen atoms in total. The smallest absolute Gasteiger partial charge is 0.262 e. The summed E-state index contributed by atoms with van der Waals surface area (Å²) in [6.45, 7) is 5.34. The maximum atomic E-state index is 13.1. The molecular weight excluding hydrogens is 451 g/mol. The van der Waals surface area contributed by atoms with Crippen LogP contribution in [0.15, 0.2) is 48.7 Å². The highest BCUT2D eigenvalue weighted by atomic mass is 35.5. The lowest BCUT2D eigenvalue weighted by molar-refractivity contribution is -0.131. The van der Waals surface area contributed by atoms with Gasteiger partial charge < -0.3 is 5.32 Å². The SMILES string of the molecule is C=C1CC[C@](C)(N2C(=O)c3ccc(CCC(=O)c4ccc(Cl)c(Cl)c4)cc3C2=O)C(=O)N1. The summed E-state index contributed by atoms with van der Waals surface area (Å²) >= 11 is 11.9. The van der Waals surface area contributed by atoms with E-state index in [1.165, 1.54) is 6.07 Å². The average Bonchev–Trinajstić information content (AvgIpc) is 3.01. The van der Waals surface area contributed by atoms with Crippen LogP contribution < -0.4 is 5.32 Å². The fourth-order valence-corrected chi connectivity index (χ4v) is 4.34. The molecule has 2 aliphatic rings. The summed E-state index contributed by atoms with van der Waals surface area (Å²) in [4.78, 5) is 52.3. The number of allylic oxidation sites excluding steroid dienone is 1. The maximum absolute atomic E-state index is 13.1. The van der Waals surface area contributed by atoms with Crippen LogP contribution in [0, 0.1) is 0 Å². The van der Waals surface area contributed by atoms with Crippen LogP contribution in [0.1, 0.15) is 62.8 Å². The number of amides is 3. The average molecular weight is 471 g/mol. The molecule has 2 aliphatic heterocycles. The molecule has 0 radical (unpaired) electrons. The number of imide groups is 1. The van der Waals surface area contributed by atoms with E-state index >= 15 is 0 Å². The van der Waals surface area contributed by atoms with Crippen molar-refractivity contribution in [2.75, 3.05) is 0 Å². The zero-order valence-electron chi connectivity index (χ0n) is 17.3. The Hall–Kier alpha value is -2.96. The summed E-state index contributed by atoms with van der Waals surface area (Å²) < 4.78 is 0. The van der Waals surface area contributed by atoms with Crippen molar-refractivity contribution in [3.8, 4) is 0 Å². The minimum absolute atomic E-state index is 0.111. The largest absolute Gasteiger partial charge is 0.328 e. The van der Waals surface area contributed by atoms with Gasteiger partial charge in [0.2, 0.25) is 5.91 Å². The number of nitrogens with one attached hydrogen (secondary N) is 1. The van der Waals surface area contributed by atoms with Gasteiger partial charge in [0.15, 0.2) is 5.78 Å². The van der Waals surface area contributed by atoms with Gasteiger partial charge in [-0.3, -0.25) is 24.1 Å². The molecule has 1 N–H and O–H groups in total. The minimum Gasteiger partial charge on any atom is -0.328 e. The molecule has 0 bridgehead atoms. The topological polar surface area (TPSA) is 83.6 Å². The zero-order chi connectivity index (χ0) is 23.2. The number of ketones is 1. The van der Waals surface area contributed by atoms with Crippen molar-refractivity contribution >= 4 is 46.7 Å². The van der Waals surface area contributed by atoms with Gasteiger partial charge >= 0.3 is 0 Å². The number of carbonyl (C=O) groups is 4. The molecule has 4 rings (SSSR count). The Morgan fingerprint density at radius 3 is 2.47 bits per heavy atom. The van der Waals surface area contributed by atoms with E-state index in [1.807, 2.05) is 0 Å². The van der Waals surface area contributed by atoms with Crippen molar-refractivity contribution < 1.29 is 19.2 Å². The van der Waals surface area contributed by atoms with Crippen LogP contribution in [-0.2, 0) is 11.2 Å². The van der Waals surface area contributed by atoms with Gasteiger partial charge in [-0.15, -0.1) is 0 Å². The molecule has 8 heteroatoms. The number of piperidine rings is 1. The summed E-state index contributed by atoms with van der Waals surface area (Å²) in [5.74, 6) is -1.53. The lowest BCUT2D eigenvalue weighted by atomic mass is 9.88. The predicted molar refractivity (Wildman–Crippen MR) is 121 cm³/mol. The molecule has 32 heavy (non-hydrogen) atoms. The highest BCUT2D eigenvalue weighted by Crippen LogP contribution is 2.35. The number of hydrogen-bond acceptors (Lipinski definition) is 4. The number of nitrogens with zero attached hydrogens (tertiary/aromatic N) is 1. The highest BCUT2D eigenvalue weighted by molar-refractivity contribution is 6.42. The second kappa shape index (κ2) is 8.19. The number of fused-ring (bicyclic) bond motifs is 1. The van der Waals surface area contributed by atoms with Crippen LogP contribution in [0.4, 0.5) is 0 Å². The van der Waals surface area contributed by atoms with E-state index in [0.717, 1.165) is 10.5 Å². The number of hydrogen-bond donors (Lipinski definition) is 1. The molecule has 3 amide bonds. The second-order valence-corrected chi connectivity index (χ2v) is 9.02. The molecule has 0 unspecified atom stereocenters. The van der Waals surface area contributed by atoms with Gasteiger partial charge in [-0.1, -0.05) is 35.8 Å². The Labute approximate surface area is 195 Å². The zero-order valence-corrected chi connectivity index (χ0v) is 18.8. The molecule has 164 valence electrons. The Bertz CT molecular complexity index is 1210. The van der Waals surface area contributed by atoms with E-state index in [2.05, 4.69) is 11.9 Å². The summed E-state index contributed by atoms with van der Waals surface area (Å²) in [5, 5.41) is 3.33. The third-order valence-corrected chi connectivity index (χ3v) is 6.76. The number of halogens is 2. The van der Waals surface area contributed by atoms with Gasteiger partial charge in [0.25, 0.3) is 11.8 Å². The first kappa shape index (κ1) is 22.2. The summed E-state index contributed by atoms with van der Waals surface area (Å²) in [6.07, 6.45) is 1.38. The first-order chi connectivity index (χ1) is 15.1. The maximum Gasteiger partial charge on any atom is 0.262 e. The fourth-order valence-electron chi connectivity index (χ4n) is 4.04. The van der Waals surface area contributed by atoms with Crippen LogP contribution >= 0.6 is 23.2 Å².